The molecule has 0 radical (unpaired) electrons. The second-order valence-corrected chi connectivity index (χ2v) is 20.1. The van der Waals surface area contributed by atoms with Crippen LogP contribution in [-0.4, -0.2) is 49.1 Å². The molecule has 9 nitrogen and oxygen atoms in total. The number of benzene rings is 3. The summed E-state index contributed by atoms with van der Waals surface area (Å²) < 4.78 is 33.5. The first-order chi connectivity index (χ1) is 23.4. The van der Waals surface area contributed by atoms with Crippen LogP contribution in [0.25, 0.3) is 11.1 Å². The van der Waals surface area contributed by atoms with Crippen LogP contribution >= 0.6 is 0 Å². The van der Waals surface area contributed by atoms with Gasteiger partial charge in [0.2, 0.25) is 5.91 Å². The van der Waals surface area contributed by atoms with Gasteiger partial charge in [-0.3, -0.25) is 4.79 Å². The smallest absolute Gasteiger partial charge is 0.408 e. The zero-order valence-electron chi connectivity index (χ0n) is 28.8. The zero-order valence-corrected chi connectivity index (χ0v) is 29.8. The van der Waals surface area contributed by atoms with Gasteiger partial charge in [-0.2, -0.15) is 5.10 Å². The number of anilines is 1. The number of nitrogens with zero attached hydrogens (tertiary/aromatic N) is 2. The first-order valence-corrected chi connectivity index (χ1v) is 20.6. The Balaban J connectivity index is 1.20. The molecule has 1 fully saturated rings. The molecule has 2 atom stereocenters. The molecule has 2 amide bonds. The maximum atomic E-state index is 14.2. The van der Waals surface area contributed by atoms with Gasteiger partial charge in [-0.05, 0) is 62.1 Å². The molecule has 258 valence electrons. The monoisotopic (exact) mass is 684 g/mol. The summed E-state index contributed by atoms with van der Waals surface area (Å²) in [7, 11) is -1.18. The van der Waals surface area contributed by atoms with E-state index in [0.29, 0.717) is 30.3 Å². The summed E-state index contributed by atoms with van der Waals surface area (Å²) in [5.74, 6) is -0.874. The van der Waals surface area contributed by atoms with Crippen LogP contribution in [-0.2, 0) is 27.6 Å². The molecule has 3 aromatic carbocycles. The molecule has 1 aromatic heterocycles. The Labute approximate surface area is 288 Å². The number of hydrogen-bond acceptors (Lipinski definition) is 6. The van der Waals surface area contributed by atoms with Gasteiger partial charge in [0.15, 0.2) is 0 Å². The van der Waals surface area contributed by atoms with E-state index in [9.17, 15) is 14.0 Å². The third-order valence-corrected chi connectivity index (χ3v) is 11.2. The van der Waals surface area contributed by atoms with Gasteiger partial charge in [0.1, 0.15) is 30.9 Å². The fraction of sp³-hybridized carbons (Fsp3) is 0.395. The number of carbonyl (C=O) groups excluding carboxylic acids is 2. The zero-order chi connectivity index (χ0) is 34.8. The van der Waals surface area contributed by atoms with Crippen LogP contribution in [0.4, 0.5) is 14.9 Å². The molecular formula is C38H45FN4O5Si. The molecule has 2 aliphatic rings. The van der Waals surface area contributed by atoms with Crippen LogP contribution < -0.4 is 15.4 Å². The van der Waals surface area contributed by atoms with E-state index in [1.54, 1.807) is 6.07 Å². The second kappa shape index (κ2) is 14.2. The van der Waals surface area contributed by atoms with Crippen molar-refractivity contribution in [2.45, 2.75) is 77.7 Å². The molecule has 1 unspecified atom stereocenters. The SMILES string of the molecule is Cc1nn(COCC[Si](C)(C)C)c(C)c1-c1ccc(NC(=O)[C@@H](NC(=O)OCc2ccccc2)C2c3ccc(F)cc3OCC23CC3)cc1. The molecule has 4 aromatic rings. The number of rotatable bonds is 12. The molecule has 1 aliphatic heterocycles. The van der Waals surface area contributed by atoms with E-state index in [2.05, 4.69) is 30.3 Å². The lowest BCUT2D eigenvalue weighted by molar-refractivity contribution is -0.119. The fourth-order valence-corrected chi connectivity index (χ4v) is 7.34. The van der Waals surface area contributed by atoms with E-state index in [4.69, 9.17) is 19.3 Å². The average molecular weight is 685 g/mol. The highest BCUT2D eigenvalue weighted by Gasteiger charge is 2.58. The minimum Gasteiger partial charge on any atom is -0.493 e. The Kier molecular flexibility index (Phi) is 9.94. The highest BCUT2D eigenvalue weighted by Crippen LogP contribution is 2.61. The van der Waals surface area contributed by atoms with E-state index in [0.717, 1.165) is 53.6 Å². The van der Waals surface area contributed by atoms with Gasteiger partial charge in [0.25, 0.3) is 0 Å². The van der Waals surface area contributed by atoms with Gasteiger partial charge in [-0.1, -0.05) is 68.2 Å². The van der Waals surface area contributed by atoms with Crippen LogP contribution in [0.5, 0.6) is 5.75 Å². The van der Waals surface area contributed by atoms with Crippen molar-refractivity contribution in [1.82, 2.24) is 15.1 Å². The maximum absolute atomic E-state index is 14.2. The summed E-state index contributed by atoms with van der Waals surface area (Å²) in [6, 6.07) is 21.4. The number of carbonyl (C=O) groups is 2. The number of fused-ring (bicyclic) bond motifs is 1. The molecule has 0 saturated heterocycles. The van der Waals surface area contributed by atoms with Crippen molar-refractivity contribution < 1.29 is 28.2 Å². The van der Waals surface area contributed by atoms with E-state index in [-0.39, 0.29) is 12.0 Å². The number of amides is 2. The molecule has 1 aliphatic carbocycles. The lowest BCUT2D eigenvalue weighted by Crippen LogP contribution is -2.52. The molecule has 2 heterocycles. The summed E-state index contributed by atoms with van der Waals surface area (Å²) in [6.07, 6.45) is 0.935. The number of alkyl carbamates (subject to hydrolysis) is 1. The van der Waals surface area contributed by atoms with Gasteiger partial charge in [-0.15, -0.1) is 0 Å². The second-order valence-electron chi connectivity index (χ2n) is 14.5. The summed E-state index contributed by atoms with van der Waals surface area (Å²) in [6.45, 7) is 12.5. The Bertz CT molecular complexity index is 1800. The van der Waals surface area contributed by atoms with Gasteiger partial charge < -0.3 is 24.8 Å². The lowest BCUT2D eigenvalue weighted by Gasteiger charge is -2.38. The molecule has 0 bridgehead atoms. The first-order valence-electron chi connectivity index (χ1n) is 16.8. The predicted molar refractivity (Wildman–Crippen MR) is 190 cm³/mol. The number of aromatic nitrogens is 2. The van der Waals surface area contributed by atoms with Crippen molar-refractivity contribution >= 4 is 25.8 Å². The Hall–Kier alpha value is -4.48. The summed E-state index contributed by atoms with van der Waals surface area (Å²) in [5, 5.41) is 10.6. The van der Waals surface area contributed by atoms with Crippen molar-refractivity contribution in [3.8, 4) is 16.9 Å². The highest BCUT2D eigenvalue weighted by molar-refractivity contribution is 6.76. The van der Waals surface area contributed by atoms with E-state index < -0.39 is 37.9 Å². The van der Waals surface area contributed by atoms with E-state index >= 15 is 0 Å². The molecule has 1 spiro atoms. The lowest BCUT2D eigenvalue weighted by atomic mass is 9.76. The standard InChI is InChI=1S/C38H45FN4O5Si/c1-25-33(26(2)43(42-25)24-46-19-20-49(3,4)5)28-11-14-30(15-12-28)40-36(44)35(41-37(45)47-22-27-9-7-6-8-10-27)34-31-16-13-29(39)21-32(31)48-23-38(34)17-18-38/h6-16,21,34-35H,17-20,22-24H2,1-5H3,(H,40,44)(H,41,45)/t34?,35-/m0/s1. The Morgan fingerprint density at radius 2 is 1.80 bits per heavy atom. The number of ether oxygens (including phenoxy) is 3. The van der Waals surface area contributed by atoms with Gasteiger partial charge in [0.05, 0.1) is 12.3 Å². The number of nitrogens with one attached hydrogen (secondary N) is 2. The fourth-order valence-electron chi connectivity index (χ4n) is 6.58. The Morgan fingerprint density at radius 1 is 1.06 bits per heavy atom. The predicted octanol–water partition coefficient (Wildman–Crippen LogP) is 7.81. The van der Waals surface area contributed by atoms with Crippen molar-refractivity contribution in [1.29, 1.82) is 0 Å². The van der Waals surface area contributed by atoms with E-state index in [1.165, 1.54) is 12.1 Å². The minimum atomic E-state index is -1.18. The molecular weight excluding hydrogens is 640 g/mol. The topological polar surface area (TPSA) is 104 Å². The largest absolute Gasteiger partial charge is 0.493 e. The number of halogens is 1. The summed E-state index contributed by atoms with van der Waals surface area (Å²) >= 11 is 0. The average Bonchev–Trinajstić information content (AvgIpc) is 3.78. The summed E-state index contributed by atoms with van der Waals surface area (Å²) in [4.78, 5) is 27.3. The molecule has 11 heteroatoms. The van der Waals surface area contributed by atoms with Crippen LogP contribution in [0.3, 0.4) is 0 Å². The molecule has 49 heavy (non-hydrogen) atoms. The molecule has 2 N–H and O–H groups in total. The highest BCUT2D eigenvalue weighted by atomic mass is 28.3. The quantitative estimate of drug-likeness (QED) is 0.117. The van der Waals surface area contributed by atoms with Crippen LogP contribution in [0.15, 0.2) is 72.8 Å². The third kappa shape index (κ3) is 8.05. The molecule has 1 saturated carbocycles. The van der Waals surface area contributed by atoms with Crippen LogP contribution in [0, 0.1) is 25.1 Å². The number of aryl methyl sites for hydroxylation is 1. The normalized spacial score (nSPS) is 16.7. The van der Waals surface area contributed by atoms with Crippen LogP contribution in [0.2, 0.25) is 25.7 Å². The van der Waals surface area contributed by atoms with Gasteiger partial charge in [0, 0.05) is 54.6 Å². The maximum Gasteiger partial charge on any atom is 0.408 e. The van der Waals surface area contributed by atoms with Gasteiger partial charge >= 0.3 is 6.09 Å². The minimum absolute atomic E-state index is 0.0587. The van der Waals surface area contributed by atoms with Crippen molar-refractivity contribution in [2.75, 3.05) is 18.5 Å². The van der Waals surface area contributed by atoms with E-state index in [1.807, 2.05) is 73.1 Å². The Morgan fingerprint density at radius 3 is 2.49 bits per heavy atom. The van der Waals surface area contributed by atoms with Crippen molar-refractivity contribution in [2.24, 2.45) is 5.41 Å². The summed E-state index contributed by atoms with van der Waals surface area (Å²) in [5.41, 5.74) is 5.64. The van der Waals surface area contributed by atoms with Crippen molar-refractivity contribution in [3.05, 3.63) is 101 Å². The van der Waals surface area contributed by atoms with Gasteiger partial charge in [-0.25, -0.2) is 13.9 Å². The van der Waals surface area contributed by atoms with Crippen molar-refractivity contribution in [3.63, 3.8) is 0 Å². The first kappa shape index (κ1) is 34.4. The van der Waals surface area contributed by atoms with Crippen LogP contribution in [0.1, 0.15) is 41.3 Å². The molecule has 6 rings (SSSR count). The number of hydrogen-bond donors (Lipinski definition) is 2. The third-order valence-electron chi connectivity index (χ3n) is 9.51.